The van der Waals surface area contributed by atoms with Crippen LogP contribution in [-0.4, -0.2) is 0 Å². The second-order valence-electron chi connectivity index (χ2n) is 2.80. The van der Waals surface area contributed by atoms with Gasteiger partial charge in [-0.2, -0.15) is 0 Å². The van der Waals surface area contributed by atoms with Crippen molar-refractivity contribution in [2.24, 2.45) is 0 Å². The standard InChI is InChI=1S/C13H15/c1-2-4-6-8-10-12-13-11-9-7-5-3-1/h1-5,8,10-11,13H,6,9,12H2/b3-1-,4-2+,7-5?,10-8+,13-11+. The van der Waals surface area contributed by atoms with Crippen molar-refractivity contribution in [1.82, 2.24) is 0 Å². The van der Waals surface area contributed by atoms with Gasteiger partial charge in [-0.25, -0.2) is 0 Å². The number of rotatable bonds is 0. The Labute approximate surface area is 80.7 Å². The highest BCUT2D eigenvalue weighted by atomic mass is 13.8. The van der Waals surface area contributed by atoms with Crippen molar-refractivity contribution >= 4 is 0 Å². The van der Waals surface area contributed by atoms with Crippen molar-refractivity contribution in [1.29, 1.82) is 0 Å². The Morgan fingerprint density at radius 1 is 0.692 bits per heavy atom. The Hall–Kier alpha value is -1.30. The van der Waals surface area contributed by atoms with Gasteiger partial charge in [0.05, 0.1) is 0 Å². The molecule has 0 aromatic heterocycles. The van der Waals surface area contributed by atoms with Crippen molar-refractivity contribution in [2.45, 2.75) is 19.3 Å². The molecule has 0 aliphatic heterocycles. The maximum Gasteiger partial charge on any atom is -0.00945 e. The number of hydrogen-bond acceptors (Lipinski definition) is 0. The van der Waals surface area contributed by atoms with Gasteiger partial charge in [0.15, 0.2) is 0 Å². The van der Waals surface area contributed by atoms with Crippen LogP contribution >= 0.6 is 0 Å². The molecule has 1 aliphatic carbocycles. The molecule has 1 radical (unpaired) electrons. The summed E-state index contributed by atoms with van der Waals surface area (Å²) in [5.41, 5.74) is 0. The lowest BCUT2D eigenvalue weighted by Gasteiger charge is -1.82. The van der Waals surface area contributed by atoms with Crippen molar-refractivity contribution in [3.8, 4) is 0 Å². The van der Waals surface area contributed by atoms with Crippen LogP contribution in [0, 0.1) is 6.08 Å². The highest BCUT2D eigenvalue weighted by Gasteiger charge is 1.74. The zero-order chi connectivity index (χ0) is 9.19. The first-order valence-corrected chi connectivity index (χ1v) is 4.68. The fraction of sp³-hybridized carbons (Fsp3) is 0.231. The maximum atomic E-state index is 3.17. The summed E-state index contributed by atoms with van der Waals surface area (Å²) in [5, 5.41) is 0. The molecule has 1 rings (SSSR count). The quantitative estimate of drug-likeness (QED) is 0.487. The summed E-state index contributed by atoms with van der Waals surface area (Å²) >= 11 is 0. The summed E-state index contributed by atoms with van der Waals surface area (Å²) in [5.74, 6) is 0. The SMILES string of the molecule is [C]1=C/C=C\C=C\C/C=C/C/C=C/C/1. The molecule has 0 heterocycles. The average Bonchev–Trinajstić information content (AvgIpc) is 2.18. The van der Waals surface area contributed by atoms with E-state index < -0.39 is 0 Å². The maximum absolute atomic E-state index is 3.17. The lowest BCUT2D eigenvalue weighted by Crippen LogP contribution is -1.61. The minimum Gasteiger partial charge on any atom is -0.0844 e. The minimum absolute atomic E-state index is 0.905. The van der Waals surface area contributed by atoms with E-state index in [1.54, 1.807) is 0 Å². The Balaban J connectivity index is 2.49. The van der Waals surface area contributed by atoms with Gasteiger partial charge < -0.3 is 0 Å². The van der Waals surface area contributed by atoms with E-state index in [1.165, 1.54) is 0 Å². The first-order chi connectivity index (χ1) is 6.50. The molecule has 0 aromatic rings. The molecule has 13 heavy (non-hydrogen) atoms. The molecular weight excluding hydrogens is 156 g/mol. The van der Waals surface area contributed by atoms with E-state index in [0.717, 1.165) is 19.3 Å². The lowest BCUT2D eigenvalue weighted by atomic mass is 10.3. The van der Waals surface area contributed by atoms with Crippen LogP contribution in [0.2, 0.25) is 0 Å². The van der Waals surface area contributed by atoms with Crippen molar-refractivity contribution in [3.63, 3.8) is 0 Å². The molecule has 0 N–H and O–H groups in total. The van der Waals surface area contributed by atoms with Gasteiger partial charge in [0, 0.05) is 0 Å². The summed E-state index contributed by atoms with van der Waals surface area (Å²) in [4.78, 5) is 0. The summed E-state index contributed by atoms with van der Waals surface area (Å²) in [7, 11) is 0. The molecule has 0 unspecified atom stereocenters. The molecule has 0 fully saturated rings. The monoisotopic (exact) mass is 171 g/mol. The van der Waals surface area contributed by atoms with E-state index >= 15 is 0 Å². The molecule has 0 aromatic carbocycles. The first-order valence-electron chi connectivity index (χ1n) is 4.68. The minimum atomic E-state index is 0.905. The smallest absolute Gasteiger partial charge is 0.00945 e. The third-order valence-corrected chi connectivity index (χ3v) is 1.69. The molecule has 0 nitrogen and oxygen atoms in total. The molecule has 0 saturated heterocycles. The molecular formula is C13H15. The van der Waals surface area contributed by atoms with E-state index in [-0.39, 0.29) is 0 Å². The van der Waals surface area contributed by atoms with E-state index in [1.807, 2.05) is 18.2 Å². The van der Waals surface area contributed by atoms with Gasteiger partial charge in [0.2, 0.25) is 0 Å². The van der Waals surface area contributed by atoms with Crippen LogP contribution in [0.1, 0.15) is 19.3 Å². The predicted octanol–water partition coefficient (Wildman–Crippen LogP) is 3.75. The normalized spacial score (nSPS) is 30.2. The van der Waals surface area contributed by atoms with E-state index in [0.29, 0.717) is 0 Å². The second-order valence-corrected chi connectivity index (χ2v) is 2.80. The first kappa shape index (κ1) is 9.79. The van der Waals surface area contributed by atoms with Gasteiger partial charge in [-0.15, -0.1) is 0 Å². The third-order valence-electron chi connectivity index (χ3n) is 1.69. The van der Waals surface area contributed by atoms with Crippen LogP contribution in [0.15, 0.2) is 54.7 Å². The van der Waals surface area contributed by atoms with E-state index in [9.17, 15) is 0 Å². The Morgan fingerprint density at radius 3 is 2.38 bits per heavy atom. The summed E-state index contributed by atoms with van der Waals surface area (Å²) in [6, 6.07) is 0. The Morgan fingerprint density at radius 2 is 1.46 bits per heavy atom. The van der Waals surface area contributed by atoms with Crippen molar-refractivity contribution in [3.05, 3.63) is 60.8 Å². The van der Waals surface area contributed by atoms with E-state index in [2.05, 4.69) is 42.5 Å². The van der Waals surface area contributed by atoms with Gasteiger partial charge in [0.25, 0.3) is 0 Å². The highest BCUT2D eigenvalue weighted by Crippen LogP contribution is 1.94. The largest absolute Gasteiger partial charge is 0.0844 e. The molecule has 0 amide bonds. The fourth-order valence-corrected chi connectivity index (χ4v) is 1.01. The van der Waals surface area contributed by atoms with Crippen LogP contribution in [0.25, 0.3) is 0 Å². The molecule has 0 heteroatoms. The van der Waals surface area contributed by atoms with Crippen LogP contribution < -0.4 is 0 Å². The van der Waals surface area contributed by atoms with Gasteiger partial charge in [0.1, 0.15) is 0 Å². The summed E-state index contributed by atoms with van der Waals surface area (Å²) in [6.07, 6.45) is 25.0. The van der Waals surface area contributed by atoms with Crippen molar-refractivity contribution in [2.75, 3.05) is 0 Å². The van der Waals surface area contributed by atoms with Crippen LogP contribution in [0.3, 0.4) is 0 Å². The average molecular weight is 171 g/mol. The van der Waals surface area contributed by atoms with Gasteiger partial charge in [-0.3, -0.25) is 0 Å². The molecule has 67 valence electrons. The second kappa shape index (κ2) is 7.35. The van der Waals surface area contributed by atoms with E-state index in [4.69, 9.17) is 0 Å². The molecule has 0 atom stereocenters. The molecule has 1 aliphatic rings. The summed E-state index contributed by atoms with van der Waals surface area (Å²) in [6.45, 7) is 0. The number of hydrogen-bond donors (Lipinski definition) is 0. The molecule has 0 bridgehead atoms. The van der Waals surface area contributed by atoms with Crippen molar-refractivity contribution < 1.29 is 0 Å². The Kier molecular flexibility index (Phi) is 5.54. The fourth-order valence-electron chi connectivity index (χ4n) is 1.01. The molecule has 0 saturated carbocycles. The van der Waals surface area contributed by atoms with Gasteiger partial charge >= 0.3 is 0 Å². The third kappa shape index (κ3) is 5.92. The highest BCUT2D eigenvalue weighted by molar-refractivity contribution is 5.11. The Bertz CT molecular complexity index is 223. The van der Waals surface area contributed by atoms with Gasteiger partial charge in [-0.05, 0) is 25.3 Å². The summed E-state index contributed by atoms with van der Waals surface area (Å²) < 4.78 is 0. The van der Waals surface area contributed by atoms with Crippen LogP contribution in [0.5, 0.6) is 0 Å². The lowest BCUT2D eigenvalue weighted by molar-refractivity contribution is 1.27. The van der Waals surface area contributed by atoms with Crippen LogP contribution in [0.4, 0.5) is 0 Å². The predicted molar refractivity (Wildman–Crippen MR) is 58.2 cm³/mol. The zero-order valence-electron chi connectivity index (χ0n) is 7.82. The topological polar surface area (TPSA) is 0 Å². The molecule has 0 spiro atoms. The van der Waals surface area contributed by atoms with Gasteiger partial charge in [-0.1, -0.05) is 54.7 Å². The zero-order valence-corrected chi connectivity index (χ0v) is 7.82. The van der Waals surface area contributed by atoms with Crippen LogP contribution in [-0.2, 0) is 0 Å². The number of allylic oxidation sites excluding steroid dienone is 10.